The minimum Gasteiger partial charge on any atom is -0.353 e. The number of alkyl halides is 4. The zero-order valence-corrected chi connectivity index (χ0v) is 10.3. The molecule has 0 aromatic rings. The van der Waals surface area contributed by atoms with E-state index in [1.807, 2.05) is 0 Å². The molecule has 0 unspecified atom stereocenters. The lowest BCUT2D eigenvalue weighted by Crippen LogP contribution is -2.21. The quantitative estimate of drug-likeness (QED) is 0.729. The molecule has 0 amide bonds. The molecule has 1 saturated carbocycles. The summed E-state index contributed by atoms with van der Waals surface area (Å²) in [6.45, 7) is 4.28. The fourth-order valence-corrected chi connectivity index (χ4v) is 2.82. The van der Waals surface area contributed by atoms with E-state index in [4.69, 9.17) is 55.9 Å². The van der Waals surface area contributed by atoms with Gasteiger partial charge in [0.15, 0.2) is 0 Å². The molecule has 1 fully saturated rings. The Bertz CT molecular complexity index is 191. The van der Waals surface area contributed by atoms with E-state index in [1.54, 1.807) is 13.8 Å². The molecule has 0 aromatic heterocycles. The highest BCUT2D eigenvalue weighted by molar-refractivity contribution is 6.65. The molecule has 0 aliphatic heterocycles. The van der Waals surface area contributed by atoms with Crippen LogP contribution in [-0.4, -0.2) is 27.7 Å². The van der Waals surface area contributed by atoms with E-state index < -0.39 is 14.5 Å². The van der Waals surface area contributed by atoms with Crippen molar-refractivity contribution in [3.63, 3.8) is 0 Å². The van der Waals surface area contributed by atoms with E-state index in [2.05, 4.69) is 0 Å². The molecule has 0 bridgehead atoms. The first kappa shape index (κ1) is 12.2. The summed E-state index contributed by atoms with van der Waals surface area (Å²) in [4.78, 5) is 0. The second-order valence-electron chi connectivity index (χ2n) is 2.63. The molecule has 0 radical (unpaired) electrons. The van der Waals surface area contributed by atoms with Gasteiger partial charge in [0.05, 0.1) is 0 Å². The van der Waals surface area contributed by atoms with Crippen molar-refractivity contribution in [2.45, 2.75) is 28.3 Å². The zero-order chi connectivity index (χ0) is 10.3. The fraction of sp³-hybridized carbons (Fsp3) is 1.00. The molecule has 1 aliphatic carbocycles. The summed E-state index contributed by atoms with van der Waals surface area (Å²) < 4.78 is 8.93. The van der Waals surface area contributed by atoms with E-state index in [0.717, 1.165) is 0 Å². The van der Waals surface area contributed by atoms with Gasteiger partial charge in [-0.25, -0.2) is 0 Å². The first-order valence-corrected chi connectivity index (χ1v) is 5.42. The minimum absolute atomic E-state index is 0.367. The van der Waals surface area contributed by atoms with E-state index in [-0.39, 0.29) is 0 Å². The van der Waals surface area contributed by atoms with Crippen LogP contribution in [0.25, 0.3) is 0 Å². The van der Waals surface area contributed by atoms with Gasteiger partial charge in [-0.1, -0.05) is 46.4 Å². The lowest BCUT2D eigenvalue weighted by Gasteiger charge is -2.12. The van der Waals surface area contributed by atoms with Crippen LogP contribution in [0.15, 0.2) is 0 Å². The summed E-state index contributed by atoms with van der Waals surface area (Å²) in [7, 11) is 0. The van der Waals surface area contributed by atoms with E-state index in [0.29, 0.717) is 13.2 Å². The standard InChI is InChI=1S/C7H10Cl4O2/c1-3-12-6(10)5(8,9)7(6,11)13-4-2/h3-4H2,1-2H3/t6-,7-/m0/s1. The van der Waals surface area contributed by atoms with Crippen molar-refractivity contribution in [2.24, 2.45) is 0 Å². The Morgan fingerprint density at radius 3 is 1.38 bits per heavy atom. The minimum atomic E-state index is -1.41. The van der Waals surface area contributed by atoms with Crippen molar-refractivity contribution in [2.75, 3.05) is 13.2 Å². The number of hydrogen-bond donors (Lipinski definition) is 0. The second kappa shape index (κ2) is 3.58. The Kier molecular flexibility index (Phi) is 3.35. The first-order chi connectivity index (χ1) is 5.87. The molecule has 0 spiro atoms. The Balaban J connectivity index is 2.79. The first-order valence-electron chi connectivity index (χ1n) is 3.91. The van der Waals surface area contributed by atoms with Crippen LogP contribution in [0.2, 0.25) is 0 Å². The second-order valence-corrected chi connectivity index (χ2v) is 5.02. The van der Waals surface area contributed by atoms with Gasteiger partial charge in [-0.3, -0.25) is 0 Å². The Morgan fingerprint density at radius 1 is 0.846 bits per heavy atom. The van der Waals surface area contributed by atoms with Crippen molar-refractivity contribution < 1.29 is 9.47 Å². The lowest BCUT2D eigenvalue weighted by atomic mass is 10.7. The van der Waals surface area contributed by atoms with Crippen LogP contribution in [0.4, 0.5) is 0 Å². The average Bonchev–Trinajstić information content (AvgIpc) is 2.32. The molecule has 1 aliphatic rings. The van der Waals surface area contributed by atoms with Gasteiger partial charge < -0.3 is 9.47 Å². The number of halogens is 4. The molecule has 2 nitrogen and oxygen atoms in total. The highest BCUT2D eigenvalue weighted by atomic mass is 35.5. The number of hydrogen-bond acceptors (Lipinski definition) is 2. The summed E-state index contributed by atoms with van der Waals surface area (Å²) in [6, 6.07) is 0. The van der Waals surface area contributed by atoms with Crippen LogP contribution in [0, 0.1) is 0 Å². The van der Waals surface area contributed by atoms with Crippen molar-refractivity contribution in [1.82, 2.24) is 0 Å². The van der Waals surface area contributed by atoms with Crippen LogP contribution in [0.3, 0.4) is 0 Å². The molecule has 0 aromatic carbocycles. The molecular formula is C7H10Cl4O2. The van der Waals surface area contributed by atoms with Crippen molar-refractivity contribution in [3.05, 3.63) is 0 Å². The van der Waals surface area contributed by atoms with Gasteiger partial charge in [0.1, 0.15) is 0 Å². The molecule has 0 saturated heterocycles. The van der Waals surface area contributed by atoms with Crippen LogP contribution >= 0.6 is 46.4 Å². The van der Waals surface area contributed by atoms with Crippen molar-refractivity contribution >= 4 is 46.4 Å². The molecule has 6 heteroatoms. The SMILES string of the molecule is CCO[C@@]1(Cl)C(Cl)(Cl)[C@]1(Cl)OCC. The third kappa shape index (κ3) is 1.38. The summed E-state index contributed by atoms with van der Waals surface area (Å²) >= 11 is 23.7. The van der Waals surface area contributed by atoms with Gasteiger partial charge in [-0.05, 0) is 13.8 Å². The van der Waals surface area contributed by atoms with Crippen molar-refractivity contribution in [3.8, 4) is 0 Å². The number of ether oxygens (including phenoxy) is 2. The number of rotatable bonds is 4. The maximum Gasteiger partial charge on any atom is 0.225 e. The van der Waals surface area contributed by atoms with Gasteiger partial charge >= 0.3 is 0 Å². The summed E-state index contributed by atoms with van der Waals surface area (Å²) in [5.41, 5.74) is 0. The topological polar surface area (TPSA) is 18.5 Å². The van der Waals surface area contributed by atoms with Gasteiger partial charge in [-0.15, -0.1) is 0 Å². The molecule has 78 valence electrons. The van der Waals surface area contributed by atoms with Crippen LogP contribution < -0.4 is 0 Å². The van der Waals surface area contributed by atoms with Gasteiger partial charge in [0.25, 0.3) is 0 Å². The monoisotopic (exact) mass is 266 g/mol. The van der Waals surface area contributed by atoms with Crippen LogP contribution in [0.5, 0.6) is 0 Å². The lowest BCUT2D eigenvalue weighted by molar-refractivity contribution is 0.0124. The van der Waals surface area contributed by atoms with E-state index in [9.17, 15) is 0 Å². The largest absolute Gasteiger partial charge is 0.353 e. The Hall–Kier alpha value is 1.08. The maximum absolute atomic E-state index is 5.98. The Labute approximate surface area is 97.4 Å². The smallest absolute Gasteiger partial charge is 0.225 e. The highest BCUT2D eigenvalue weighted by Crippen LogP contribution is 2.73. The molecule has 0 N–H and O–H groups in total. The fourth-order valence-electron chi connectivity index (χ4n) is 1.14. The highest BCUT2D eigenvalue weighted by Gasteiger charge is 2.90. The molecule has 13 heavy (non-hydrogen) atoms. The third-order valence-corrected chi connectivity index (χ3v) is 4.71. The van der Waals surface area contributed by atoms with Crippen molar-refractivity contribution in [1.29, 1.82) is 0 Å². The van der Waals surface area contributed by atoms with Crippen LogP contribution in [-0.2, 0) is 9.47 Å². The van der Waals surface area contributed by atoms with Crippen LogP contribution in [0.1, 0.15) is 13.8 Å². The predicted octanol–water partition coefficient (Wildman–Crippen LogP) is 3.12. The third-order valence-electron chi connectivity index (χ3n) is 1.85. The normalized spacial score (nSPS) is 42.0. The van der Waals surface area contributed by atoms with E-state index in [1.165, 1.54) is 0 Å². The van der Waals surface area contributed by atoms with Gasteiger partial charge in [0, 0.05) is 13.2 Å². The molecule has 2 atom stereocenters. The van der Waals surface area contributed by atoms with Gasteiger partial charge in [-0.2, -0.15) is 0 Å². The van der Waals surface area contributed by atoms with E-state index >= 15 is 0 Å². The molecule has 1 rings (SSSR count). The summed E-state index contributed by atoms with van der Waals surface area (Å²) in [5.74, 6) is 0. The van der Waals surface area contributed by atoms with Gasteiger partial charge in [0.2, 0.25) is 14.5 Å². The summed E-state index contributed by atoms with van der Waals surface area (Å²) in [5, 5.41) is -2.70. The average molecular weight is 268 g/mol. The predicted molar refractivity (Wildman–Crippen MR) is 54.9 cm³/mol. The maximum atomic E-state index is 5.98. The Morgan fingerprint density at radius 2 is 1.15 bits per heavy atom. The summed E-state index contributed by atoms with van der Waals surface area (Å²) in [6.07, 6.45) is 0. The zero-order valence-electron chi connectivity index (χ0n) is 7.24. The molecular weight excluding hydrogens is 258 g/mol. The molecule has 0 heterocycles.